The minimum atomic E-state index is -3.58. The Bertz CT molecular complexity index is 681. The first-order valence-electron chi connectivity index (χ1n) is 6.46. The first kappa shape index (κ1) is 14.0. The van der Waals surface area contributed by atoms with Crippen LogP contribution in [0.5, 0.6) is 0 Å². The van der Waals surface area contributed by atoms with Gasteiger partial charge in [0, 0.05) is 32.4 Å². The second-order valence-electron chi connectivity index (χ2n) is 4.97. The third-order valence-corrected chi connectivity index (χ3v) is 5.38. The van der Waals surface area contributed by atoms with Crippen molar-refractivity contribution in [3.8, 4) is 0 Å². The Hall–Kier alpha value is -1.93. The fourth-order valence-corrected chi connectivity index (χ4v) is 3.97. The van der Waals surface area contributed by atoms with Crippen LogP contribution in [0.1, 0.15) is 0 Å². The van der Waals surface area contributed by atoms with Gasteiger partial charge in [-0.3, -0.25) is 0 Å². The van der Waals surface area contributed by atoms with Crippen LogP contribution in [-0.2, 0) is 14.8 Å². The average molecular weight is 309 g/mol. The quantitative estimate of drug-likeness (QED) is 0.742. The van der Waals surface area contributed by atoms with Crippen LogP contribution in [0, 0.1) is 0 Å². The van der Waals surface area contributed by atoms with E-state index in [-0.39, 0.29) is 11.1 Å². The van der Waals surface area contributed by atoms with Crippen molar-refractivity contribution in [1.82, 2.24) is 14.2 Å². The lowest BCUT2D eigenvalue weighted by molar-refractivity contribution is 0.133. The molecule has 0 saturated heterocycles. The molecule has 0 N–H and O–H groups in total. The van der Waals surface area contributed by atoms with E-state index in [2.05, 4.69) is 9.72 Å². The predicted molar refractivity (Wildman–Crippen MR) is 74.0 cm³/mol. The van der Waals surface area contributed by atoms with E-state index in [1.807, 2.05) is 0 Å². The third-order valence-electron chi connectivity index (χ3n) is 3.67. The minimum Gasteiger partial charge on any atom is -0.453 e. The Morgan fingerprint density at radius 3 is 2.38 bits per heavy atom. The molecule has 0 spiro atoms. The molecular weight excluding hydrogens is 294 g/mol. The highest BCUT2D eigenvalue weighted by atomic mass is 32.2. The fraction of sp³-hybridized carbons (Fsp3) is 0.385. The van der Waals surface area contributed by atoms with E-state index in [0.29, 0.717) is 26.2 Å². The first-order valence-corrected chi connectivity index (χ1v) is 7.90. The van der Waals surface area contributed by atoms with Crippen LogP contribution >= 0.6 is 0 Å². The molecule has 21 heavy (non-hydrogen) atoms. The highest BCUT2D eigenvalue weighted by molar-refractivity contribution is 7.89. The third kappa shape index (κ3) is 2.40. The number of methoxy groups -OCH3 is 1. The summed E-state index contributed by atoms with van der Waals surface area (Å²) < 4.78 is 31.0. The van der Waals surface area contributed by atoms with Crippen LogP contribution < -0.4 is 0 Å². The molecule has 112 valence electrons. The maximum atomic E-state index is 12.5. The van der Waals surface area contributed by atoms with Crippen LogP contribution in [0.15, 0.2) is 40.6 Å². The van der Waals surface area contributed by atoms with Gasteiger partial charge in [-0.05, 0) is 23.3 Å². The molecule has 0 fully saturated rings. The average Bonchev–Trinajstić information content (AvgIpc) is 3.06. The van der Waals surface area contributed by atoms with Crippen molar-refractivity contribution in [2.24, 2.45) is 0 Å². The molecule has 0 radical (unpaired) electrons. The van der Waals surface area contributed by atoms with E-state index in [0.717, 1.165) is 11.1 Å². The number of nitrogens with zero attached hydrogens (tertiary/aromatic N) is 3. The molecule has 1 aromatic rings. The molecule has 7 nitrogen and oxygen atoms in total. The van der Waals surface area contributed by atoms with Gasteiger partial charge in [0.05, 0.1) is 7.11 Å². The van der Waals surface area contributed by atoms with Gasteiger partial charge >= 0.3 is 6.09 Å². The Kier molecular flexibility index (Phi) is 3.42. The minimum absolute atomic E-state index is 0.0518. The number of ether oxygens (including phenoxy) is 1. The number of sulfonamides is 1. The van der Waals surface area contributed by atoms with E-state index >= 15 is 0 Å². The van der Waals surface area contributed by atoms with E-state index in [9.17, 15) is 13.2 Å². The molecule has 8 heteroatoms. The fourth-order valence-electron chi connectivity index (χ4n) is 2.61. The van der Waals surface area contributed by atoms with Crippen LogP contribution in [0.25, 0.3) is 0 Å². The molecule has 1 amide bonds. The van der Waals surface area contributed by atoms with Crippen molar-refractivity contribution in [2.45, 2.75) is 5.03 Å². The molecule has 3 rings (SSSR count). The molecule has 0 bridgehead atoms. The first-order chi connectivity index (χ1) is 10.0. The van der Waals surface area contributed by atoms with Gasteiger partial charge in [-0.25, -0.2) is 18.2 Å². The number of hydrogen-bond acceptors (Lipinski definition) is 5. The summed E-state index contributed by atoms with van der Waals surface area (Å²) in [5.41, 5.74) is 1.94. The van der Waals surface area contributed by atoms with Crippen LogP contribution in [0.4, 0.5) is 4.79 Å². The normalized spacial score (nSPS) is 19.0. The van der Waals surface area contributed by atoms with Gasteiger partial charge in [0.25, 0.3) is 10.0 Å². The molecule has 0 aromatic carbocycles. The van der Waals surface area contributed by atoms with Crippen molar-refractivity contribution in [3.05, 3.63) is 35.5 Å². The number of aromatic nitrogens is 1. The number of rotatable bonds is 2. The summed E-state index contributed by atoms with van der Waals surface area (Å²) >= 11 is 0. The highest BCUT2D eigenvalue weighted by Gasteiger charge is 2.38. The second-order valence-corrected chi connectivity index (χ2v) is 6.86. The molecule has 1 aromatic heterocycles. The smallest absolute Gasteiger partial charge is 0.410 e. The number of carbonyl (C=O) groups is 1. The Balaban J connectivity index is 1.73. The van der Waals surface area contributed by atoms with Crippen LogP contribution in [0.2, 0.25) is 0 Å². The summed E-state index contributed by atoms with van der Waals surface area (Å²) in [6, 6.07) is 4.81. The molecule has 3 heterocycles. The predicted octanol–water partition coefficient (Wildman–Crippen LogP) is 0.464. The van der Waals surface area contributed by atoms with E-state index in [4.69, 9.17) is 0 Å². The van der Waals surface area contributed by atoms with E-state index in [1.165, 1.54) is 23.7 Å². The van der Waals surface area contributed by atoms with Crippen molar-refractivity contribution in [1.29, 1.82) is 0 Å². The van der Waals surface area contributed by atoms with Gasteiger partial charge in [0.15, 0.2) is 5.03 Å². The van der Waals surface area contributed by atoms with Gasteiger partial charge in [-0.2, -0.15) is 4.31 Å². The van der Waals surface area contributed by atoms with Crippen LogP contribution in [-0.4, -0.2) is 62.0 Å². The number of amides is 1. The lowest BCUT2D eigenvalue weighted by Crippen LogP contribution is -2.36. The van der Waals surface area contributed by atoms with E-state index < -0.39 is 10.0 Å². The molecular formula is C13H15N3O4S. The largest absolute Gasteiger partial charge is 0.453 e. The van der Waals surface area contributed by atoms with Gasteiger partial charge in [-0.1, -0.05) is 6.07 Å². The van der Waals surface area contributed by atoms with E-state index in [1.54, 1.807) is 17.0 Å². The molecule has 0 aliphatic carbocycles. The maximum Gasteiger partial charge on any atom is 0.410 e. The van der Waals surface area contributed by atoms with Crippen molar-refractivity contribution in [2.75, 3.05) is 33.3 Å². The summed E-state index contributed by atoms with van der Waals surface area (Å²) in [7, 11) is -2.24. The molecule has 2 aliphatic rings. The lowest BCUT2D eigenvalue weighted by Gasteiger charge is -2.21. The zero-order chi connectivity index (χ0) is 15.0. The Morgan fingerprint density at radius 1 is 1.19 bits per heavy atom. The topological polar surface area (TPSA) is 79.8 Å². The standard InChI is InChI=1S/C13H15N3O4S/c1-20-13(17)15-6-10-8-16(9-11(10)7-15)21(18,19)12-4-2-3-5-14-12/h2-5H,6-9H2,1H3. The molecule has 0 saturated carbocycles. The molecule has 0 atom stereocenters. The van der Waals surface area contributed by atoms with Gasteiger partial charge in [0.1, 0.15) is 0 Å². The van der Waals surface area contributed by atoms with Gasteiger partial charge in [-0.15, -0.1) is 0 Å². The summed E-state index contributed by atoms with van der Waals surface area (Å²) in [6.07, 6.45) is 1.08. The number of hydrogen-bond donors (Lipinski definition) is 0. The van der Waals surface area contributed by atoms with Crippen LogP contribution in [0.3, 0.4) is 0 Å². The summed E-state index contributed by atoms with van der Waals surface area (Å²) in [5, 5.41) is 0.0518. The Labute approximate surface area is 122 Å². The zero-order valence-corrected chi connectivity index (χ0v) is 12.3. The van der Waals surface area contributed by atoms with Gasteiger partial charge < -0.3 is 9.64 Å². The van der Waals surface area contributed by atoms with Crippen molar-refractivity contribution < 1.29 is 17.9 Å². The number of pyridine rings is 1. The molecule has 0 unspecified atom stereocenters. The monoisotopic (exact) mass is 309 g/mol. The highest BCUT2D eigenvalue weighted by Crippen LogP contribution is 2.29. The zero-order valence-electron chi connectivity index (χ0n) is 11.5. The van der Waals surface area contributed by atoms with Gasteiger partial charge in [0.2, 0.25) is 0 Å². The maximum absolute atomic E-state index is 12.5. The van der Waals surface area contributed by atoms with Crippen molar-refractivity contribution in [3.63, 3.8) is 0 Å². The lowest BCUT2D eigenvalue weighted by atomic mass is 10.2. The summed E-state index contributed by atoms with van der Waals surface area (Å²) in [6.45, 7) is 1.47. The Morgan fingerprint density at radius 2 is 1.86 bits per heavy atom. The summed E-state index contributed by atoms with van der Waals surface area (Å²) in [5.74, 6) is 0. The molecule has 2 aliphatic heterocycles. The van der Waals surface area contributed by atoms with Crippen molar-refractivity contribution >= 4 is 16.1 Å². The summed E-state index contributed by atoms with van der Waals surface area (Å²) in [4.78, 5) is 17.0. The SMILES string of the molecule is COC(=O)N1CC2=C(C1)CN(S(=O)(=O)c1ccccn1)C2. The second kappa shape index (κ2) is 5.12. The number of carbonyl (C=O) groups excluding carboxylic acids is 1.